The lowest BCUT2D eigenvalue weighted by atomic mass is 9.86. The van der Waals surface area contributed by atoms with Crippen LogP contribution >= 0.6 is 0 Å². The average molecular weight is 411 g/mol. The highest BCUT2D eigenvalue weighted by Crippen LogP contribution is 2.41. The van der Waals surface area contributed by atoms with E-state index in [9.17, 15) is 5.11 Å². The smallest absolute Gasteiger partial charge is 0.124 e. The Labute approximate surface area is 184 Å². The van der Waals surface area contributed by atoms with E-state index in [0.29, 0.717) is 5.75 Å². The zero-order valence-corrected chi connectivity index (χ0v) is 20.3. The van der Waals surface area contributed by atoms with Crippen molar-refractivity contribution < 1.29 is 9.84 Å². The van der Waals surface area contributed by atoms with Crippen molar-refractivity contribution in [2.75, 3.05) is 0 Å². The minimum atomic E-state index is -0.124. The molecule has 1 aromatic carbocycles. The van der Waals surface area contributed by atoms with E-state index in [1.165, 1.54) is 28.7 Å². The number of hydrogen-bond donors (Lipinski definition) is 1. The summed E-state index contributed by atoms with van der Waals surface area (Å²) in [6.07, 6.45) is 15.8. The maximum atomic E-state index is 10.2. The van der Waals surface area contributed by atoms with E-state index in [1.807, 2.05) is 19.9 Å². The normalized spacial score (nSPS) is 19.3. The highest BCUT2D eigenvalue weighted by atomic mass is 16.5. The number of ether oxygens (including phenoxy) is 1. The highest BCUT2D eigenvalue weighted by molar-refractivity contribution is 5.53. The largest absolute Gasteiger partial charge is 0.507 e. The van der Waals surface area contributed by atoms with Gasteiger partial charge in [0.05, 0.1) is 0 Å². The van der Waals surface area contributed by atoms with Crippen molar-refractivity contribution >= 4 is 0 Å². The van der Waals surface area contributed by atoms with Gasteiger partial charge in [0.2, 0.25) is 0 Å². The Morgan fingerprint density at radius 2 is 1.60 bits per heavy atom. The molecule has 0 aliphatic carbocycles. The Kier molecular flexibility index (Phi) is 8.82. The summed E-state index contributed by atoms with van der Waals surface area (Å²) in [4.78, 5) is 0. The molecule has 0 saturated heterocycles. The van der Waals surface area contributed by atoms with Crippen LogP contribution in [0.1, 0.15) is 96.3 Å². The van der Waals surface area contributed by atoms with E-state index in [2.05, 4.69) is 52.8 Å². The first-order valence-corrected chi connectivity index (χ1v) is 11.6. The number of phenols is 1. The van der Waals surface area contributed by atoms with E-state index in [0.717, 1.165) is 61.8 Å². The molecule has 1 atom stereocenters. The van der Waals surface area contributed by atoms with E-state index in [-0.39, 0.29) is 5.60 Å². The fourth-order valence-electron chi connectivity index (χ4n) is 4.22. The third-order valence-electron chi connectivity index (χ3n) is 6.38. The molecule has 2 heteroatoms. The first-order valence-electron chi connectivity index (χ1n) is 11.6. The standard InChI is InChI=1S/C28H42O2/c1-20(2)11-8-12-21(3)13-9-14-22(4)15-10-17-28(7)18-16-25-24(6)27(29)23(5)19-26(25)30-28/h11,13,15,19,29H,8-10,12,14,16-18H2,1-7H3/b21-13+,22-15+. The summed E-state index contributed by atoms with van der Waals surface area (Å²) >= 11 is 0. The summed E-state index contributed by atoms with van der Waals surface area (Å²) in [5, 5.41) is 10.2. The summed E-state index contributed by atoms with van der Waals surface area (Å²) in [6.45, 7) is 15.0. The van der Waals surface area contributed by atoms with Crippen LogP contribution in [0.2, 0.25) is 0 Å². The van der Waals surface area contributed by atoms with Crippen molar-refractivity contribution in [1.29, 1.82) is 0 Å². The van der Waals surface area contributed by atoms with Crippen molar-refractivity contribution in [1.82, 2.24) is 0 Å². The lowest BCUT2D eigenvalue weighted by Gasteiger charge is -2.37. The predicted molar refractivity (Wildman–Crippen MR) is 130 cm³/mol. The number of aryl methyl sites for hydroxylation is 1. The molecule has 0 spiro atoms. The number of benzene rings is 1. The van der Waals surface area contributed by atoms with Crippen LogP contribution in [0.5, 0.6) is 11.5 Å². The molecule has 2 nitrogen and oxygen atoms in total. The zero-order chi connectivity index (χ0) is 22.3. The van der Waals surface area contributed by atoms with Crippen molar-refractivity contribution in [3.05, 3.63) is 57.7 Å². The lowest BCUT2D eigenvalue weighted by molar-refractivity contribution is 0.0567. The predicted octanol–water partition coefficient (Wildman–Crippen LogP) is 8.29. The number of aromatic hydroxyl groups is 1. The van der Waals surface area contributed by atoms with Crippen molar-refractivity contribution in [2.45, 2.75) is 105 Å². The van der Waals surface area contributed by atoms with Gasteiger partial charge in [0, 0.05) is 5.56 Å². The molecule has 30 heavy (non-hydrogen) atoms. The Hall–Kier alpha value is -1.96. The van der Waals surface area contributed by atoms with E-state index >= 15 is 0 Å². The van der Waals surface area contributed by atoms with Crippen LogP contribution in [0.15, 0.2) is 41.0 Å². The molecular weight excluding hydrogens is 368 g/mol. The third-order valence-corrected chi connectivity index (χ3v) is 6.38. The molecule has 1 heterocycles. The lowest BCUT2D eigenvalue weighted by Crippen LogP contribution is -2.36. The van der Waals surface area contributed by atoms with Crippen LogP contribution in [0.3, 0.4) is 0 Å². The Bertz CT molecular complexity index is 822. The second kappa shape index (κ2) is 10.9. The van der Waals surface area contributed by atoms with Crippen molar-refractivity contribution in [3.8, 4) is 11.5 Å². The summed E-state index contributed by atoms with van der Waals surface area (Å²) in [7, 11) is 0. The Morgan fingerprint density at radius 1 is 1.00 bits per heavy atom. The summed E-state index contributed by atoms with van der Waals surface area (Å²) in [5.74, 6) is 1.38. The summed E-state index contributed by atoms with van der Waals surface area (Å²) in [5.41, 5.74) is 7.31. The van der Waals surface area contributed by atoms with Crippen LogP contribution in [-0.4, -0.2) is 10.7 Å². The number of phenolic OH excluding ortho intramolecular Hbond substituents is 1. The number of allylic oxidation sites excluding steroid dienone is 6. The maximum absolute atomic E-state index is 10.2. The van der Waals surface area contributed by atoms with Crippen molar-refractivity contribution in [3.63, 3.8) is 0 Å². The number of rotatable bonds is 9. The molecule has 2 rings (SSSR count). The van der Waals surface area contributed by atoms with Crippen LogP contribution in [0.25, 0.3) is 0 Å². The molecule has 1 aromatic rings. The van der Waals surface area contributed by atoms with Gasteiger partial charge in [0.25, 0.3) is 0 Å². The molecule has 0 saturated carbocycles. The van der Waals surface area contributed by atoms with E-state index in [1.54, 1.807) is 0 Å². The van der Waals surface area contributed by atoms with Gasteiger partial charge in [-0.25, -0.2) is 0 Å². The number of hydrogen-bond acceptors (Lipinski definition) is 2. The highest BCUT2D eigenvalue weighted by Gasteiger charge is 2.32. The second-order valence-corrected chi connectivity index (χ2v) is 9.69. The molecule has 1 N–H and O–H groups in total. The van der Waals surface area contributed by atoms with Gasteiger partial charge in [-0.15, -0.1) is 0 Å². The van der Waals surface area contributed by atoms with Gasteiger partial charge >= 0.3 is 0 Å². The second-order valence-electron chi connectivity index (χ2n) is 9.69. The van der Waals surface area contributed by atoms with Gasteiger partial charge in [-0.05, 0) is 117 Å². The topological polar surface area (TPSA) is 29.5 Å². The molecular formula is C28H42O2. The number of fused-ring (bicyclic) bond motifs is 1. The van der Waals surface area contributed by atoms with Gasteiger partial charge < -0.3 is 9.84 Å². The Balaban J connectivity index is 1.82. The monoisotopic (exact) mass is 410 g/mol. The van der Waals surface area contributed by atoms with E-state index in [4.69, 9.17) is 4.74 Å². The zero-order valence-electron chi connectivity index (χ0n) is 20.3. The molecule has 166 valence electrons. The average Bonchev–Trinajstić information content (AvgIpc) is 2.65. The first-order chi connectivity index (χ1) is 14.1. The van der Waals surface area contributed by atoms with Gasteiger partial charge in [-0.1, -0.05) is 34.9 Å². The van der Waals surface area contributed by atoms with Crippen LogP contribution in [0, 0.1) is 13.8 Å². The fourth-order valence-corrected chi connectivity index (χ4v) is 4.22. The first kappa shape index (κ1) is 24.3. The van der Waals surface area contributed by atoms with Gasteiger partial charge in [0.15, 0.2) is 0 Å². The molecule has 1 aliphatic rings. The molecule has 1 unspecified atom stereocenters. The quantitative estimate of drug-likeness (QED) is 0.415. The van der Waals surface area contributed by atoms with Crippen LogP contribution in [-0.2, 0) is 6.42 Å². The summed E-state index contributed by atoms with van der Waals surface area (Å²) in [6, 6.07) is 2.00. The maximum Gasteiger partial charge on any atom is 0.124 e. The van der Waals surface area contributed by atoms with E-state index < -0.39 is 0 Å². The fraction of sp³-hybridized carbons (Fsp3) is 0.571. The molecule has 0 bridgehead atoms. The molecule has 0 fully saturated rings. The van der Waals surface area contributed by atoms with Gasteiger partial charge in [-0.3, -0.25) is 0 Å². The minimum absolute atomic E-state index is 0.124. The van der Waals surface area contributed by atoms with Crippen LogP contribution in [0.4, 0.5) is 0 Å². The molecule has 0 amide bonds. The molecule has 0 aromatic heterocycles. The molecule has 1 aliphatic heterocycles. The summed E-state index contributed by atoms with van der Waals surface area (Å²) < 4.78 is 6.43. The Morgan fingerprint density at radius 3 is 2.23 bits per heavy atom. The van der Waals surface area contributed by atoms with Crippen LogP contribution < -0.4 is 4.74 Å². The van der Waals surface area contributed by atoms with Gasteiger partial charge in [-0.2, -0.15) is 0 Å². The molecule has 0 radical (unpaired) electrons. The van der Waals surface area contributed by atoms with Crippen molar-refractivity contribution in [2.24, 2.45) is 0 Å². The SMILES string of the molecule is CC(C)=CCC/C(C)=C/CC/C(C)=C/CCC1(C)CCc2c(cc(C)c(O)c2C)O1. The van der Waals surface area contributed by atoms with Gasteiger partial charge in [0.1, 0.15) is 17.1 Å². The minimum Gasteiger partial charge on any atom is -0.507 e. The third kappa shape index (κ3) is 7.07.